The molecule has 0 aliphatic carbocycles. The summed E-state index contributed by atoms with van der Waals surface area (Å²) in [5.41, 5.74) is 4.41. The lowest BCUT2D eigenvalue weighted by Gasteiger charge is -2.15. The maximum Gasteiger partial charge on any atom is 0.254 e. The largest absolute Gasteiger partial charge is 0.399 e. The van der Waals surface area contributed by atoms with Crippen molar-refractivity contribution in [2.45, 2.75) is 32.9 Å². The molecule has 35 heavy (non-hydrogen) atoms. The molecule has 8 heteroatoms. The van der Waals surface area contributed by atoms with Crippen LogP contribution in [0.1, 0.15) is 52.6 Å². The fourth-order valence-electron chi connectivity index (χ4n) is 4.16. The number of halogens is 2. The van der Waals surface area contributed by atoms with E-state index < -0.39 is 11.6 Å². The van der Waals surface area contributed by atoms with Crippen molar-refractivity contribution in [2.75, 3.05) is 7.11 Å². The monoisotopic (exact) mass is 476 g/mol. The highest BCUT2D eigenvalue weighted by Crippen LogP contribution is 2.32. The first-order chi connectivity index (χ1) is 16.9. The summed E-state index contributed by atoms with van der Waals surface area (Å²) in [7, 11) is 1.48. The molecule has 2 aromatic heterocycles. The maximum absolute atomic E-state index is 13.6. The summed E-state index contributed by atoms with van der Waals surface area (Å²) in [5, 5.41) is 7.51. The van der Waals surface area contributed by atoms with E-state index in [0.29, 0.717) is 17.7 Å². The molecule has 6 nitrogen and oxygen atoms in total. The van der Waals surface area contributed by atoms with Crippen molar-refractivity contribution in [1.29, 1.82) is 0 Å². The Balaban J connectivity index is 1.79. The summed E-state index contributed by atoms with van der Waals surface area (Å²) in [5.74, 6) is -2.14. The summed E-state index contributed by atoms with van der Waals surface area (Å²) in [4.78, 5) is 22.8. The third-order valence-corrected chi connectivity index (χ3v) is 5.69. The Morgan fingerprint density at radius 3 is 2.66 bits per heavy atom. The van der Waals surface area contributed by atoms with E-state index in [1.165, 1.54) is 13.2 Å². The molecule has 0 spiro atoms. The average molecular weight is 477 g/mol. The first-order valence-corrected chi connectivity index (χ1v) is 11.2. The number of oxime groups is 1. The van der Waals surface area contributed by atoms with Crippen LogP contribution in [0.15, 0.2) is 65.9 Å². The molecule has 0 radical (unpaired) electrons. The predicted octanol–water partition coefficient (Wildman–Crippen LogP) is 5.40. The second-order valence-corrected chi connectivity index (χ2v) is 8.45. The molecule has 0 saturated heterocycles. The lowest BCUT2D eigenvalue weighted by molar-refractivity contribution is 0.0951. The van der Waals surface area contributed by atoms with Gasteiger partial charge in [-0.05, 0) is 47.4 Å². The quantitative estimate of drug-likeness (QED) is 0.274. The Morgan fingerprint density at radius 1 is 1.14 bits per heavy atom. The molecule has 0 aliphatic rings. The lowest BCUT2D eigenvalue weighted by Crippen LogP contribution is -2.24. The number of fused-ring (bicyclic) bond motifs is 1. The van der Waals surface area contributed by atoms with Crippen LogP contribution in [0.5, 0.6) is 0 Å². The molecule has 0 bridgehead atoms. The van der Waals surface area contributed by atoms with Gasteiger partial charge in [0.25, 0.3) is 5.91 Å². The molecule has 1 N–H and O–H groups in total. The van der Waals surface area contributed by atoms with Crippen LogP contribution >= 0.6 is 0 Å². The van der Waals surface area contributed by atoms with Gasteiger partial charge < -0.3 is 14.7 Å². The number of carbonyl (C=O) groups excluding carboxylic acids is 1. The van der Waals surface area contributed by atoms with Gasteiger partial charge in [-0.3, -0.25) is 9.78 Å². The molecule has 0 aliphatic heterocycles. The molecule has 4 rings (SSSR count). The van der Waals surface area contributed by atoms with E-state index in [4.69, 9.17) is 4.84 Å². The minimum absolute atomic E-state index is 0.0196. The van der Waals surface area contributed by atoms with Crippen molar-refractivity contribution in [3.05, 3.63) is 101 Å². The minimum atomic E-state index is -0.947. The smallest absolute Gasteiger partial charge is 0.254 e. The molecular formula is C27H26F2N4O2. The summed E-state index contributed by atoms with van der Waals surface area (Å²) >= 11 is 0. The van der Waals surface area contributed by atoms with Gasteiger partial charge in [0.15, 0.2) is 11.6 Å². The first kappa shape index (κ1) is 24.1. The van der Waals surface area contributed by atoms with Crippen LogP contribution in [0.3, 0.4) is 0 Å². The highest BCUT2D eigenvalue weighted by Gasteiger charge is 2.25. The van der Waals surface area contributed by atoms with Gasteiger partial charge in [0.05, 0.1) is 29.5 Å². The SMILES string of the molecule is CO/N=C/c1ccc2c(C(=O)NCc3ccc(F)c(F)c3)c(C(C)C)n(Cc3ccccn3)c2c1. The molecule has 0 atom stereocenters. The zero-order chi connectivity index (χ0) is 24.9. The Hall–Kier alpha value is -4.07. The fourth-order valence-corrected chi connectivity index (χ4v) is 4.16. The second-order valence-electron chi connectivity index (χ2n) is 8.45. The zero-order valence-corrected chi connectivity index (χ0v) is 19.8. The Labute approximate surface area is 202 Å². The van der Waals surface area contributed by atoms with E-state index >= 15 is 0 Å². The van der Waals surface area contributed by atoms with Gasteiger partial charge in [0, 0.05) is 23.8 Å². The van der Waals surface area contributed by atoms with Crippen LogP contribution in [-0.2, 0) is 17.9 Å². The van der Waals surface area contributed by atoms with Crippen LogP contribution in [0.4, 0.5) is 8.78 Å². The van der Waals surface area contributed by atoms with E-state index in [0.717, 1.165) is 40.0 Å². The van der Waals surface area contributed by atoms with Gasteiger partial charge in [-0.15, -0.1) is 0 Å². The number of amides is 1. The van der Waals surface area contributed by atoms with Crippen LogP contribution < -0.4 is 5.32 Å². The molecule has 4 aromatic rings. The number of rotatable bonds is 8. The molecule has 2 heterocycles. The van der Waals surface area contributed by atoms with Crippen LogP contribution in [0.2, 0.25) is 0 Å². The van der Waals surface area contributed by atoms with Crippen LogP contribution in [-0.4, -0.2) is 28.8 Å². The molecule has 0 unspecified atom stereocenters. The van der Waals surface area contributed by atoms with Gasteiger partial charge >= 0.3 is 0 Å². The normalized spacial score (nSPS) is 11.5. The Bertz CT molecular complexity index is 1380. The van der Waals surface area contributed by atoms with Crippen LogP contribution in [0.25, 0.3) is 10.9 Å². The van der Waals surface area contributed by atoms with Gasteiger partial charge in [0.2, 0.25) is 0 Å². The van der Waals surface area contributed by atoms with Gasteiger partial charge in [-0.1, -0.05) is 43.3 Å². The number of nitrogens with zero attached hydrogens (tertiary/aromatic N) is 3. The fraction of sp³-hybridized carbons (Fsp3) is 0.222. The number of carbonyl (C=O) groups is 1. The number of hydrogen-bond acceptors (Lipinski definition) is 4. The highest BCUT2D eigenvalue weighted by atomic mass is 19.2. The molecule has 1 amide bonds. The first-order valence-electron chi connectivity index (χ1n) is 11.2. The Kier molecular flexibility index (Phi) is 7.19. The number of pyridine rings is 1. The van der Waals surface area contributed by atoms with E-state index in [1.807, 2.05) is 50.2 Å². The summed E-state index contributed by atoms with van der Waals surface area (Å²) < 4.78 is 29.0. The van der Waals surface area contributed by atoms with Gasteiger partial charge in [-0.2, -0.15) is 0 Å². The summed E-state index contributed by atoms with van der Waals surface area (Å²) in [6.45, 7) is 4.61. The number of hydrogen-bond donors (Lipinski definition) is 1. The molecule has 0 fully saturated rings. The average Bonchev–Trinajstić information content (AvgIpc) is 3.17. The highest BCUT2D eigenvalue weighted by molar-refractivity contribution is 6.09. The number of benzene rings is 2. The molecule has 2 aromatic carbocycles. The van der Waals surface area contributed by atoms with E-state index in [9.17, 15) is 13.6 Å². The zero-order valence-electron chi connectivity index (χ0n) is 19.8. The van der Waals surface area contributed by atoms with Gasteiger partial charge in [0.1, 0.15) is 7.11 Å². The molecular weight excluding hydrogens is 450 g/mol. The second kappa shape index (κ2) is 10.5. The van der Waals surface area contributed by atoms with E-state index in [1.54, 1.807) is 12.4 Å². The van der Waals surface area contributed by atoms with Crippen LogP contribution in [0, 0.1) is 11.6 Å². The third kappa shape index (κ3) is 5.21. The van der Waals surface area contributed by atoms with Crippen molar-refractivity contribution in [2.24, 2.45) is 5.16 Å². The van der Waals surface area contributed by atoms with Crippen molar-refractivity contribution in [1.82, 2.24) is 14.9 Å². The molecule has 180 valence electrons. The van der Waals surface area contributed by atoms with Crippen molar-refractivity contribution >= 4 is 23.0 Å². The molecule has 0 saturated carbocycles. The lowest BCUT2D eigenvalue weighted by atomic mass is 10.0. The third-order valence-electron chi connectivity index (χ3n) is 5.69. The maximum atomic E-state index is 13.6. The standard InChI is InChI=1S/C27H26F2N4O2/c1-17(2)26-25(27(34)31-14-18-8-10-22(28)23(29)12-18)21-9-7-19(15-32-35-3)13-24(21)33(26)16-20-6-4-5-11-30-20/h4-13,15,17H,14,16H2,1-3H3,(H,31,34)/b32-15+. The predicted molar refractivity (Wildman–Crippen MR) is 131 cm³/mol. The van der Waals surface area contributed by atoms with Crippen molar-refractivity contribution < 1.29 is 18.4 Å². The van der Waals surface area contributed by atoms with Crippen molar-refractivity contribution in [3.8, 4) is 0 Å². The number of nitrogens with one attached hydrogen (secondary N) is 1. The Morgan fingerprint density at radius 2 is 1.97 bits per heavy atom. The van der Waals surface area contributed by atoms with Gasteiger partial charge in [-0.25, -0.2) is 8.78 Å². The van der Waals surface area contributed by atoms with Crippen molar-refractivity contribution in [3.63, 3.8) is 0 Å². The summed E-state index contributed by atoms with van der Waals surface area (Å²) in [6, 6.07) is 15.0. The summed E-state index contributed by atoms with van der Waals surface area (Å²) in [6.07, 6.45) is 3.34. The number of aromatic nitrogens is 2. The topological polar surface area (TPSA) is 68.5 Å². The van der Waals surface area contributed by atoms with E-state index in [-0.39, 0.29) is 18.4 Å². The minimum Gasteiger partial charge on any atom is -0.399 e. The van der Waals surface area contributed by atoms with E-state index in [2.05, 4.69) is 20.0 Å².